The monoisotopic (exact) mass is 256 g/mol. The van der Waals surface area contributed by atoms with E-state index in [1.165, 1.54) is 11.1 Å². The van der Waals surface area contributed by atoms with Gasteiger partial charge < -0.3 is 10.3 Å². The largest absolute Gasteiger partial charge is 0.322 e. The lowest BCUT2D eigenvalue weighted by Crippen LogP contribution is -2.28. The van der Waals surface area contributed by atoms with Crippen molar-refractivity contribution in [3.63, 3.8) is 0 Å². The van der Waals surface area contributed by atoms with Gasteiger partial charge in [-0.2, -0.15) is 0 Å². The van der Waals surface area contributed by atoms with Crippen molar-refractivity contribution in [2.75, 3.05) is 0 Å². The van der Waals surface area contributed by atoms with Gasteiger partial charge in [-0.15, -0.1) is 0 Å². The number of benzene rings is 1. The summed E-state index contributed by atoms with van der Waals surface area (Å²) >= 11 is 0. The Morgan fingerprint density at radius 3 is 2.58 bits per heavy atom. The fourth-order valence-electron chi connectivity index (χ4n) is 2.31. The highest BCUT2D eigenvalue weighted by atomic mass is 16.1. The van der Waals surface area contributed by atoms with E-state index in [4.69, 9.17) is 5.73 Å². The Balaban J connectivity index is 2.33. The van der Waals surface area contributed by atoms with Crippen LogP contribution in [0.2, 0.25) is 0 Å². The standard InChI is InChI=1S/C16H20N2O/c1-11-7-8-12(2)14(9-11)15(17)10-18-13(3)5-4-6-16(18)19/h4-9,15H,10,17H2,1-3H3. The van der Waals surface area contributed by atoms with Crippen molar-refractivity contribution in [2.24, 2.45) is 5.73 Å². The maximum absolute atomic E-state index is 11.9. The smallest absolute Gasteiger partial charge is 0.250 e. The van der Waals surface area contributed by atoms with E-state index in [1.54, 1.807) is 16.7 Å². The zero-order valence-electron chi connectivity index (χ0n) is 11.7. The van der Waals surface area contributed by atoms with Crippen LogP contribution in [0.1, 0.15) is 28.4 Å². The van der Waals surface area contributed by atoms with Gasteiger partial charge >= 0.3 is 0 Å². The molecular weight excluding hydrogens is 236 g/mol. The molecule has 0 fully saturated rings. The van der Waals surface area contributed by atoms with E-state index in [2.05, 4.69) is 32.0 Å². The Morgan fingerprint density at radius 2 is 1.89 bits per heavy atom. The molecule has 3 nitrogen and oxygen atoms in total. The normalized spacial score (nSPS) is 12.4. The maximum atomic E-state index is 11.9. The number of pyridine rings is 1. The average molecular weight is 256 g/mol. The quantitative estimate of drug-likeness (QED) is 0.917. The van der Waals surface area contributed by atoms with E-state index in [-0.39, 0.29) is 11.6 Å². The Labute approximate surface area is 113 Å². The van der Waals surface area contributed by atoms with E-state index in [0.717, 1.165) is 11.3 Å². The lowest BCUT2D eigenvalue weighted by molar-refractivity contribution is 0.548. The lowest BCUT2D eigenvalue weighted by Gasteiger charge is -2.18. The molecule has 0 aliphatic heterocycles. The first-order valence-electron chi connectivity index (χ1n) is 6.48. The molecule has 19 heavy (non-hydrogen) atoms. The third-order valence-electron chi connectivity index (χ3n) is 3.48. The molecule has 0 saturated heterocycles. The minimum Gasteiger partial charge on any atom is -0.322 e. The van der Waals surface area contributed by atoms with Crippen LogP contribution in [-0.2, 0) is 6.54 Å². The van der Waals surface area contributed by atoms with E-state index in [9.17, 15) is 4.79 Å². The van der Waals surface area contributed by atoms with Gasteiger partial charge in [0.05, 0.1) is 0 Å². The first-order valence-corrected chi connectivity index (χ1v) is 6.48. The van der Waals surface area contributed by atoms with Crippen molar-refractivity contribution in [2.45, 2.75) is 33.4 Å². The predicted molar refractivity (Wildman–Crippen MR) is 78.3 cm³/mol. The minimum absolute atomic E-state index is 0.000700. The number of nitrogens with zero attached hydrogens (tertiary/aromatic N) is 1. The topological polar surface area (TPSA) is 48.0 Å². The second-order valence-corrected chi connectivity index (χ2v) is 5.08. The minimum atomic E-state index is -0.168. The molecule has 2 N–H and O–H groups in total. The van der Waals surface area contributed by atoms with Crippen LogP contribution in [-0.4, -0.2) is 4.57 Å². The highest BCUT2D eigenvalue weighted by Gasteiger charge is 2.11. The summed E-state index contributed by atoms with van der Waals surface area (Å²) in [5.41, 5.74) is 10.7. The average Bonchev–Trinajstić information content (AvgIpc) is 2.37. The molecule has 2 rings (SSSR count). The van der Waals surface area contributed by atoms with Crippen LogP contribution in [0.3, 0.4) is 0 Å². The Morgan fingerprint density at radius 1 is 1.16 bits per heavy atom. The van der Waals surface area contributed by atoms with Gasteiger partial charge in [0.2, 0.25) is 0 Å². The van der Waals surface area contributed by atoms with Crippen LogP contribution in [0.5, 0.6) is 0 Å². The number of aryl methyl sites for hydroxylation is 3. The Kier molecular flexibility index (Phi) is 3.86. The number of hydrogen-bond acceptors (Lipinski definition) is 2. The second-order valence-electron chi connectivity index (χ2n) is 5.08. The molecule has 0 bridgehead atoms. The zero-order valence-corrected chi connectivity index (χ0v) is 11.7. The molecule has 2 aromatic rings. The molecule has 1 aromatic carbocycles. The first kappa shape index (κ1) is 13.6. The molecule has 1 unspecified atom stereocenters. The molecule has 3 heteroatoms. The number of aromatic nitrogens is 1. The zero-order chi connectivity index (χ0) is 14.0. The van der Waals surface area contributed by atoms with Gasteiger partial charge in [-0.25, -0.2) is 0 Å². The van der Waals surface area contributed by atoms with Crippen LogP contribution < -0.4 is 11.3 Å². The van der Waals surface area contributed by atoms with E-state index in [1.807, 2.05) is 13.0 Å². The second kappa shape index (κ2) is 5.41. The molecule has 100 valence electrons. The van der Waals surface area contributed by atoms with Crippen LogP contribution in [0, 0.1) is 20.8 Å². The summed E-state index contributed by atoms with van der Waals surface area (Å²) < 4.78 is 1.73. The van der Waals surface area contributed by atoms with Crippen LogP contribution in [0.15, 0.2) is 41.2 Å². The van der Waals surface area contributed by atoms with Crippen molar-refractivity contribution in [3.05, 3.63) is 69.1 Å². The molecule has 0 aliphatic rings. The molecule has 0 amide bonds. The summed E-state index contributed by atoms with van der Waals surface area (Å²) in [5.74, 6) is 0. The fraction of sp³-hybridized carbons (Fsp3) is 0.312. The summed E-state index contributed by atoms with van der Waals surface area (Å²) in [6, 6.07) is 11.4. The van der Waals surface area contributed by atoms with Gasteiger partial charge in [-0.3, -0.25) is 4.79 Å². The van der Waals surface area contributed by atoms with Crippen molar-refractivity contribution >= 4 is 0 Å². The van der Waals surface area contributed by atoms with Gasteiger partial charge in [0.25, 0.3) is 5.56 Å². The van der Waals surface area contributed by atoms with Crippen molar-refractivity contribution in [3.8, 4) is 0 Å². The summed E-state index contributed by atoms with van der Waals surface area (Å²) in [7, 11) is 0. The van der Waals surface area contributed by atoms with Crippen LogP contribution in [0.4, 0.5) is 0 Å². The molecule has 1 aromatic heterocycles. The van der Waals surface area contributed by atoms with Gasteiger partial charge in [-0.1, -0.05) is 29.8 Å². The van der Waals surface area contributed by atoms with Gasteiger partial charge in [0, 0.05) is 24.3 Å². The van der Waals surface area contributed by atoms with E-state index in [0.29, 0.717) is 6.54 Å². The van der Waals surface area contributed by atoms with Crippen LogP contribution >= 0.6 is 0 Å². The van der Waals surface area contributed by atoms with Gasteiger partial charge in [0.1, 0.15) is 0 Å². The third-order valence-corrected chi connectivity index (χ3v) is 3.48. The summed E-state index contributed by atoms with van der Waals surface area (Å²) in [4.78, 5) is 11.9. The predicted octanol–water partition coefficient (Wildman–Crippen LogP) is 2.47. The third kappa shape index (κ3) is 2.93. The summed E-state index contributed by atoms with van der Waals surface area (Å²) in [5, 5.41) is 0. The van der Waals surface area contributed by atoms with Crippen molar-refractivity contribution in [1.29, 1.82) is 0 Å². The number of nitrogens with two attached hydrogens (primary N) is 1. The van der Waals surface area contributed by atoms with Crippen molar-refractivity contribution < 1.29 is 0 Å². The Hall–Kier alpha value is -1.87. The molecule has 1 heterocycles. The van der Waals surface area contributed by atoms with Gasteiger partial charge in [0.15, 0.2) is 0 Å². The van der Waals surface area contributed by atoms with Gasteiger partial charge in [-0.05, 0) is 38.0 Å². The maximum Gasteiger partial charge on any atom is 0.250 e. The summed E-state index contributed by atoms with van der Waals surface area (Å²) in [6.07, 6.45) is 0. The fourth-order valence-corrected chi connectivity index (χ4v) is 2.31. The molecular formula is C16H20N2O. The summed E-state index contributed by atoms with van der Waals surface area (Å²) in [6.45, 7) is 6.54. The van der Waals surface area contributed by atoms with E-state index >= 15 is 0 Å². The number of hydrogen-bond donors (Lipinski definition) is 1. The first-order chi connectivity index (χ1) is 8.99. The van der Waals surface area contributed by atoms with E-state index < -0.39 is 0 Å². The highest BCUT2D eigenvalue weighted by molar-refractivity contribution is 5.32. The lowest BCUT2D eigenvalue weighted by atomic mass is 9.99. The van der Waals surface area contributed by atoms with Crippen molar-refractivity contribution in [1.82, 2.24) is 4.57 Å². The molecule has 0 spiro atoms. The number of rotatable bonds is 3. The molecule has 0 aliphatic carbocycles. The molecule has 1 atom stereocenters. The SMILES string of the molecule is Cc1ccc(C)c(C(N)Cn2c(C)cccc2=O)c1. The molecule has 0 radical (unpaired) electrons. The Bertz CT molecular complexity index is 643. The van der Waals surface area contributed by atoms with Crippen LogP contribution in [0.25, 0.3) is 0 Å². The molecule has 0 saturated carbocycles. The highest BCUT2D eigenvalue weighted by Crippen LogP contribution is 2.18.